The Balaban J connectivity index is 1.36. The summed E-state index contributed by atoms with van der Waals surface area (Å²) in [6.45, 7) is 15.1. The molecule has 0 aromatic heterocycles. The number of allylic oxidation sites excluding steroid dienone is 4. The number of hydrogen-bond donors (Lipinski definition) is 3. The lowest BCUT2D eigenvalue weighted by molar-refractivity contribution is 0.394. The van der Waals surface area contributed by atoms with Gasteiger partial charge in [-0.3, -0.25) is 0 Å². The summed E-state index contributed by atoms with van der Waals surface area (Å²) in [5.74, 6) is 2.42. The van der Waals surface area contributed by atoms with Crippen LogP contribution in [0.2, 0.25) is 0 Å². The third-order valence-corrected chi connectivity index (χ3v) is 8.72. The smallest absolute Gasteiger partial charge is 0.118 e. The molecule has 0 aliphatic carbocycles. The molecule has 0 bridgehead atoms. The van der Waals surface area contributed by atoms with Crippen LogP contribution >= 0.6 is 0 Å². The van der Waals surface area contributed by atoms with Crippen molar-refractivity contribution in [3.63, 3.8) is 0 Å². The molecule has 4 heteroatoms. The summed E-state index contributed by atoms with van der Waals surface area (Å²) in [6, 6.07) is 33.0. The quantitative estimate of drug-likeness (QED) is 0.126. The summed E-state index contributed by atoms with van der Waals surface area (Å²) >= 11 is 0. The Bertz CT molecular complexity index is 1560. The molecule has 45 heavy (non-hydrogen) atoms. The number of methoxy groups -OCH3 is 1. The largest absolute Gasteiger partial charge is 0.508 e. The van der Waals surface area contributed by atoms with Gasteiger partial charge in [0, 0.05) is 22.8 Å². The highest BCUT2D eigenvalue weighted by Gasteiger charge is 2.24. The number of ether oxygens (including phenoxy) is 1. The summed E-state index contributed by atoms with van der Waals surface area (Å²) in [4.78, 5) is 0. The minimum absolute atomic E-state index is 0.104. The van der Waals surface area contributed by atoms with Gasteiger partial charge in [-0.15, -0.1) is 0 Å². The van der Waals surface area contributed by atoms with Crippen LogP contribution in [0.5, 0.6) is 11.5 Å². The fourth-order valence-corrected chi connectivity index (χ4v) is 5.45. The zero-order valence-corrected chi connectivity index (χ0v) is 27.5. The minimum Gasteiger partial charge on any atom is -0.508 e. The second-order valence-corrected chi connectivity index (χ2v) is 12.7. The maximum absolute atomic E-state index is 9.66. The van der Waals surface area contributed by atoms with Crippen molar-refractivity contribution in [2.24, 2.45) is 11.3 Å². The van der Waals surface area contributed by atoms with E-state index in [0.29, 0.717) is 11.8 Å². The molecule has 0 spiro atoms. The SMILES string of the molecule is C=C/C=C(\C=C/C(C)(C)C(C)c1ccc(O)cc1)Nc1ccc(Nc2ccc(CC(c3ccc(OC)cc3)C(C)C)cc2)cc1. The van der Waals surface area contributed by atoms with E-state index >= 15 is 0 Å². The Morgan fingerprint density at radius 2 is 1.36 bits per heavy atom. The number of aromatic hydroxyl groups is 1. The maximum atomic E-state index is 9.66. The first-order valence-corrected chi connectivity index (χ1v) is 15.8. The Labute approximate surface area is 270 Å². The Hall–Kier alpha value is -4.70. The summed E-state index contributed by atoms with van der Waals surface area (Å²) in [6.07, 6.45) is 9.11. The molecule has 2 atom stereocenters. The molecular weight excluding hydrogens is 552 g/mol. The molecule has 234 valence electrons. The third kappa shape index (κ3) is 9.39. The number of phenols is 1. The van der Waals surface area contributed by atoms with Crippen LogP contribution in [0.3, 0.4) is 0 Å². The summed E-state index contributed by atoms with van der Waals surface area (Å²) in [5.41, 5.74) is 7.80. The van der Waals surface area contributed by atoms with Crippen LogP contribution in [0.25, 0.3) is 0 Å². The van der Waals surface area contributed by atoms with E-state index in [1.165, 1.54) is 16.7 Å². The highest BCUT2D eigenvalue weighted by Crippen LogP contribution is 2.37. The first-order valence-electron chi connectivity index (χ1n) is 15.8. The second-order valence-electron chi connectivity index (χ2n) is 12.7. The van der Waals surface area contributed by atoms with Gasteiger partial charge in [-0.25, -0.2) is 0 Å². The summed E-state index contributed by atoms with van der Waals surface area (Å²) in [7, 11) is 1.71. The number of anilines is 3. The zero-order valence-electron chi connectivity index (χ0n) is 27.5. The molecule has 4 aromatic carbocycles. The predicted octanol–water partition coefficient (Wildman–Crippen LogP) is 11.0. The first kappa shape index (κ1) is 33.2. The van der Waals surface area contributed by atoms with Gasteiger partial charge in [0.2, 0.25) is 0 Å². The second kappa shape index (κ2) is 15.3. The van der Waals surface area contributed by atoms with E-state index in [9.17, 15) is 5.11 Å². The predicted molar refractivity (Wildman–Crippen MR) is 192 cm³/mol. The lowest BCUT2D eigenvalue weighted by Gasteiger charge is -2.29. The highest BCUT2D eigenvalue weighted by atomic mass is 16.5. The number of nitrogens with one attached hydrogen (secondary N) is 2. The topological polar surface area (TPSA) is 53.5 Å². The molecule has 0 aliphatic heterocycles. The fraction of sp³-hybridized carbons (Fsp3) is 0.268. The van der Waals surface area contributed by atoms with Gasteiger partial charge in [-0.05, 0) is 119 Å². The molecule has 0 aliphatic rings. The van der Waals surface area contributed by atoms with E-state index in [1.807, 2.05) is 30.3 Å². The molecule has 2 unspecified atom stereocenters. The summed E-state index contributed by atoms with van der Waals surface area (Å²) in [5, 5.41) is 16.7. The number of rotatable bonds is 14. The van der Waals surface area contributed by atoms with Crippen molar-refractivity contribution >= 4 is 17.1 Å². The van der Waals surface area contributed by atoms with Crippen LogP contribution in [0.15, 0.2) is 134 Å². The van der Waals surface area contributed by atoms with Crippen LogP contribution in [0.4, 0.5) is 17.1 Å². The van der Waals surface area contributed by atoms with Crippen molar-refractivity contribution in [1.29, 1.82) is 0 Å². The van der Waals surface area contributed by atoms with Crippen molar-refractivity contribution in [1.82, 2.24) is 0 Å². The van der Waals surface area contributed by atoms with Crippen molar-refractivity contribution in [3.05, 3.63) is 150 Å². The van der Waals surface area contributed by atoms with E-state index in [-0.39, 0.29) is 17.1 Å². The molecule has 0 saturated heterocycles. The third-order valence-electron chi connectivity index (χ3n) is 8.72. The van der Waals surface area contributed by atoms with Gasteiger partial charge in [-0.2, -0.15) is 0 Å². The van der Waals surface area contributed by atoms with Gasteiger partial charge in [0.25, 0.3) is 0 Å². The zero-order chi connectivity index (χ0) is 32.4. The van der Waals surface area contributed by atoms with Crippen LogP contribution in [-0.4, -0.2) is 12.2 Å². The van der Waals surface area contributed by atoms with Crippen LogP contribution in [0.1, 0.15) is 63.1 Å². The van der Waals surface area contributed by atoms with Crippen molar-refractivity contribution in [3.8, 4) is 11.5 Å². The number of hydrogen-bond acceptors (Lipinski definition) is 4. The number of benzene rings is 4. The molecule has 3 N–H and O–H groups in total. The Morgan fingerprint density at radius 1 is 0.800 bits per heavy atom. The Kier molecular flexibility index (Phi) is 11.3. The van der Waals surface area contributed by atoms with Crippen molar-refractivity contribution in [2.75, 3.05) is 17.7 Å². The van der Waals surface area contributed by atoms with E-state index in [2.05, 4.69) is 125 Å². The molecule has 0 heterocycles. The average Bonchev–Trinajstić information content (AvgIpc) is 3.04. The van der Waals surface area contributed by atoms with E-state index in [0.717, 1.165) is 34.9 Å². The molecule has 4 nitrogen and oxygen atoms in total. The first-order chi connectivity index (χ1) is 21.6. The standard InChI is InChI=1S/C41H48N2O2/c1-8-9-34(26-27-41(5,6)30(4)32-12-22-38(44)23-13-32)42-36-18-20-37(21-19-36)43-35-16-10-31(11-17-35)28-40(29(2)3)33-14-24-39(45-7)25-15-33/h8-27,29-30,40,42-44H,1,28H2,2-7H3/b27-26-,34-9+. The van der Waals surface area contributed by atoms with E-state index in [4.69, 9.17) is 4.74 Å². The van der Waals surface area contributed by atoms with E-state index in [1.54, 1.807) is 25.3 Å². The molecule has 0 amide bonds. The normalized spacial score (nSPS) is 13.4. The lowest BCUT2D eigenvalue weighted by Crippen LogP contribution is -2.17. The van der Waals surface area contributed by atoms with Gasteiger partial charge in [0.05, 0.1) is 7.11 Å². The Morgan fingerprint density at radius 3 is 1.91 bits per heavy atom. The minimum atomic E-state index is -0.104. The van der Waals surface area contributed by atoms with Gasteiger partial charge in [0.1, 0.15) is 11.5 Å². The monoisotopic (exact) mass is 600 g/mol. The molecule has 4 rings (SSSR count). The average molecular weight is 601 g/mol. The molecular formula is C41H48N2O2. The highest BCUT2D eigenvalue weighted by molar-refractivity contribution is 5.64. The lowest BCUT2D eigenvalue weighted by atomic mass is 9.76. The van der Waals surface area contributed by atoms with Crippen molar-refractivity contribution < 1.29 is 9.84 Å². The van der Waals surface area contributed by atoms with Crippen LogP contribution in [-0.2, 0) is 6.42 Å². The van der Waals surface area contributed by atoms with Crippen molar-refractivity contribution in [2.45, 2.75) is 52.9 Å². The number of phenolic OH excluding ortho intramolecular Hbond substituents is 1. The maximum Gasteiger partial charge on any atom is 0.118 e. The molecule has 0 radical (unpaired) electrons. The van der Waals surface area contributed by atoms with Crippen LogP contribution < -0.4 is 15.4 Å². The van der Waals surface area contributed by atoms with Crippen LogP contribution in [0, 0.1) is 11.3 Å². The van der Waals surface area contributed by atoms with Gasteiger partial charge < -0.3 is 20.5 Å². The van der Waals surface area contributed by atoms with Gasteiger partial charge in [-0.1, -0.05) is 89.7 Å². The summed E-state index contributed by atoms with van der Waals surface area (Å²) < 4.78 is 5.34. The van der Waals surface area contributed by atoms with Gasteiger partial charge >= 0.3 is 0 Å². The molecule has 4 aromatic rings. The molecule has 0 fully saturated rings. The fourth-order valence-electron chi connectivity index (χ4n) is 5.45. The van der Waals surface area contributed by atoms with Gasteiger partial charge in [0.15, 0.2) is 0 Å². The molecule has 0 saturated carbocycles. The van der Waals surface area contributed by atoms with E-state index < -0.39 is 0 Å².